The first-order valence-electron chi connectivity index (χ1n) is 15.1. The van der Waals surface area contributed by atoms with Gasteiger partial charge in [-0.15, -0.1) is 0 Å². The van der Waals surface area contributed by atoms with Crippen molar-refractivity contribution in [1.82, 2.24) is 19.8 Å². The number of rotatable bonds is 7. The molecular formula is C32H41ClFN5O3. The van der Waals surface area contributed by atoms with Crippen LogP contribution in [-0.4, -0.2) is 56.6 Å². The summed E-state index contributed by atoms with van der Waals surface area (Å²) < 4.78 is 16.1. The Hall–Kier alpha value is -3.01. The van der Waals surface area contributed by atoms with Crippen molar-refractivity contribution in [2.45, 2.75) is 84.0 Å². The number of carbonyl (C=O) groups excluding carboxylic acids is 2. The maximum absolute atomic E-state index is 14.0. The van der Waals surface area contributed by atoms with Crippen LogP contribution in [0.15, 0.2) is 41.4 Å². The molecule has 0 spiro atoms. The third kappa shape index (κ3) is 7.13. The van der Waals surface area contributed by atoms with Gasteiger partial charge in [0.2, 0.25) is 11.5 Å². The normalized spacial score (nSPS) is 21.6. The average molecular weight is 598 g/mol. The molecule has 1 saturated heterocycles. The number of amides is 2. The molecule has 226 valence electrons. The van der Waals surface area contributed by atoms with Gasteiger partial charge < -0.3 is 20.0 Å². The summed E-state index contributed by atoms with van der Waals surface area (Å²) in [4.78, 5) is 36.0. The summed E-state index contributed by atoms with van der Waals surface area (Å²) in [5.41, 5.74) is 3.45. The number of fused-ring (bicyclic) bond motifs is 1. The maximum atomic E-state index is 14.0. The number of aliphatic hydroxyl groups excluding tert-OH is 1. The van der Waals surface area contributed by atoms with Crippen molar-refractivity contribution in [2.24, 2.45) is 16.8 Å². The van der Waals surface area contributed by atoms with Gasteiger partial charge in [-0.2, -0.15) is 4.99 Å². The number of nitrogens with one attached hydrogen (secondary N) is 2. The molecule has 1 atom stereocenters. The number of benzene rings is 2. The molecule has 10 heteroatoms. The van der Waals surface area contributed by atoms with E-state index in [1.165, 1.54) is 6.07 Å². The minimum absolute atomic E-state index is 0.0361. The lowest BCUT2D eigenvalue weighted by Crippen LogP contribution is -2.38. The summed E-state index contributed by atoms with van der Waals surface area (Å²) >= 11 is 6.01. The van der Waals surface area contributed by atoms with Crippen LogP contribution in [0, 0.1) is 17.7 Å². The monoisotopic (exact) mass is 597 g/mol. The smallest absolute Gasteiger partial charge is 0.280 e. The molecule has 0 radical (unpaired) electrons. The number of H-pyrrole nitrogens is 1. The van der Waals surface area contributed by atoms with E-state index in [1.807, 2.05) is 26.8 Å². The number of aliphatic hydroxyl groups is 1. The second kappa shape index (κ2) is 13.1. The van der Waals surface area contributed by atoms with E-state index in [9.17, 15) is 19.1 Å². The molecule has 2 fully saturated rings. The van der Waals surface area contributed by atoms with Gasteiger partial charge >= 0.3 is 0 Å². The second-order valence-corrected chi connectivity index (χ2v) is 12.7. The predicted octanol–water partition coefficient (Wildman–Crippen LogP) is 5.35. The number of aromatic amines is 1. The van der Waals surface area contributed by atoms with Gasteiger partial charge in [-0.05, 0) is 114 Å². The summed E-state index contributed by atoms with van der Waals surface area (Å²) in [7, 11) is 0. The molecule has 2 heterocycles. The Morgan fingerprint density at radius 2 is 1.79 bits per heavy atom. The summed E-state index contributed by atoms with van der Waals surface area (Å²) in [6.45, 7) is 8.48. The fourth-order valence-corrected chi connectivity index (χ4v) is 6.64. The predicted molar refractivity (Wildman–Crippen MR) is 162 cm³/mol. The highest BCUT2D eigenvalue weighted by Gasteiger charge is 2.29. The van der Waals surface area contributed by atoms with Gasteiger partial charge in [0.05, 0.1) is 17.1 Å². The van der Waals surface area contributed by atoms with Crippen molar-refractivity contribution in [1.29, 1.82) is 0 Å². The quantitative estimate of drug-likeness (QED) is 0.342. The molecule has 1 aliphatic heterocycles. The minimum atomic E-state index is -0.592. The van der Waals surface area contributed by atoms with Crippen molar-refractivity contribution in [3.05, 3.63) is 64.0 Å². The first kappa shape index (κ1) is 30.4. The Bertz CT molecular complexity index is 1480. The molecule has 3 aromatic rings. The van der Waals surface area contributed by atoms with Crippen LogP contribution in [0.4, 0.5) is 4.39 Å². The van der Waals surface area contributed by atoms with Crippen LogP contribution in [0.1, 0.15) is 81.3 Å². The first-order chi connectivity index (χ1) is 20.1. The fraction of sp³-hybridized carbons (Fsp3) is 0.531. The molecular weight excluding hydrogens is 557 g/mol. The topological polar surface area (TPSA) is 103 Å². The van der Waals surface area contributed by atoms with Crippen LogP contribution in [0.3, 0.4) is 0 Å². The third-order valence-electron chi connectivity index (χ3n) is 8.70. The lowest BCUT2D eigenvalue weighted by Gasteiger charge is -2.33. The zero-order chi connectivity index (χ0) is 30.0. The van der Waals surface area contributed by atoms with Crippen LogP contribution in [0.2, 0.25) is 5.02 Å². The van der Waals surface area contributed by atoms with Crippen molar-refractivity contribution in [3.63, 3.8) is 0 Å². The van der Waals surface area contributed by atoms with E-state index in [0.717, 1.165) is 86.9 Å². The number of piperidine rings is 1. The minimum Gasteiger partial charge on any atom is -0.393 e. The zero-order valence-electron chi connectivity index (χ0n) is 24.6. The van der Waals surface area contributed by atoms with Crippen molar-refractivity contribution < 1.29 is 19.1 Å². The van der Waals surface area contributed by atoms with E-state index in [1.54, 1.807) is 0 Å². The number of imidazole rings is 1. The van der Waals surface area contributed by atoms with Crippen molar-refractivity contribution in [2.75, 3.05) is 13.1 Å². The lowest BCUT2D eigenvalue weighted by atomic mass is 9.85. The number of hydrogen-bond donors (Lipinski definition) is 3. The van der Waals surface area contributed by atoms with Gasteiger partial charge in [0.1, 0.15) is 5.82 Å². The Morgan fingerprint density at radius 3 is 2.43 bits per heavy atom. The maximum Gasteiger partial charge on any atom is 0.280 e. The number of aromatic nitrogens is 2. The molecule has 8 nitrogen and oxygen atoms in total. The van der Waals surface area contributed by atoms with E-state index < -0.39 is 11.7 Å². The van der Waals surface area contributed by atoms with E-state index in [2.05, 4.69) is 36.9 Å². The molecule has 1 saturated carbocycles. The van der Waals surface area contributed by atoms with E-state index in [0.29, 0.717) is 11.5 Å². The standard InChI is InChI=1S/C32H41ClFN5O3/c1-19(2)35-30(41)23-5-7-27(8-6-23)39-29-14-21(18-38-12-10-22(11-13-38)20(3)40)4-9-28(29)36-32(39)37-31(42)24-15-25(33)17-26(34)16-24/h4,9,14-17,19-20,22-23,27,40H,5-8,10-13,18H2,1-3H3,(H,35,41)(H,36,37,42)/t20?,23-,27+. The van der Waals surface area contributed by atoms with E-state index in [-0.39, 0.29) is 40.6 Å². The Morgan fingerprint density at radius 1 is 1.07 bits per heavy atom. The average Bonchev–Trinajstić information content (AvgIpc) is 3.29. The summed E-state index contributed by atoms with van der Waals surface area (Å²) in [6, 6.07) is 10.1. The van der Waals surface area contributed by atoms with E-state index in [4.69, 9.17) is 11.6 Å². The molecule has 1 unspecified atom stereocenters. The Labute approximate surface area is 251 Å². The summed E-state index contributed by atoms with van der Waals surface area (Å²) in [6.07, 6.45) is 4.71. The van der Waals surface area contributed by atoms with Crippen LogP contribution < -0.4 is 10.9 Å². The Balaban J connectivity index is 1.46. The molecule has 42 heavy (non-hydrogen) atoms. The molecule has 0 bridgehead atoms. The number of carbonyl (C=O) groups is 2. The molecule has 3 N–H and O–H groups in total. The zero-order valence-corrected chi connectivity index (χ0v) is 25.3. The van der Waals surface area contributed by atoms with Gasteiger partial charge in [-0.1, -0.05) is 17.7 Å². The highest BCUT2D eigenvalue weighted by Crippen LogP contribution is 2.34. The van der Waals surface area contributed by atoms with Crippen molar-refractivity contribution in [3.8, 4) is 0 Å². The summed E-state index contributed by atoms with van der Waals surface area (Å²) in [5, 5.41) is 13.1. The first-order valence-corrected chi connectivity index (χ1v) is 15.4. The molecule has 2 aromatic carbocycles. The van der Waals surface area contributed by atoms with Crippen LogP contribution in [-0.2, 0) is 11.3 Å². The number of nitrogens with zero attached hydrogens (tertiary/aromatic N) is 3. The highest BCUT2D eigenvalue weighted by atomic mass is 35.5. The molecule has 1 aliphatic carbocycles. The number of hydrogen-bond acceptors (Lipinski definition) is 4. The van der Waals surface area contributed by atoms with Gasteiger partial charge in [-0.25, -0.2) is 4.39 Å². The molecule has 5 rings (SSSR count). The van der Waals surface area contributed by atoms with Crippen molar-refractivity contribution >= 4 is 34.4 Å². The van der Waals surface area contributed by atoms with E-state index >= 15 is 0 Å². The van der Waals surface area contributed by atoms with Crippen LogP contribution >= 0.6 is 11.6 Å². The molecule has 2 aliphatic rings. The SMILES string of the molecule is CC(C)NC(=O)[C@H]1CC[C@@H](n2/c(=N/C(=O)c3cc(F)cc(Cl)c3)[nH]c3ccc(CN4CCC(C(C)O)CC4)cc32)CC1. The Kier molecular flexibility index (Phi) is 9.50. The van der Waals surface area contributed by atoms with Gasteiger partial charge in [0.25, 0.3) is 5.91 Å². The van der Waals surface area contributed by atoms with Crippen LogP contribution in [0.5, 0.6) is 0 Å². The largest absolute Gasteiger partial charge is 0.393 e. The number of likely N-dealkylation sites (tertiary alicyclic amines) is 1. The van der Waals surface area contributed by atoms with Gasteiger partial charge in [0, 0.05) is 35.1 Å². The fourth-order valence-electron chi connectivity index (χ4n) is 6.42. The van der Waals surface area contributed by atoms with Crippen LogP contribution in [0.25, 0.3) is 11.0 Å². The lowest BCUT2D eigenvalue weighted by molar-refractivity contribution is -0.126. The molecule has 2 amide bonds. The number of halogens is 2. The highest BCUT2D eigenvalue weighted by molar-refractivity contribution is 6.31. The third-order valence-corrected chi connectivity index (χ3v) is 8.92. The van der Waals surface area contributed by atoms with Gasteiger partial charge in [-0.3, -0.25) is 14.5 Å². The second-order valence-electron chi connectivity index (χ2n) is 12.3. The molecule has 1 aromatic heterocycles. The summed E-state index contributed by atoms with van der Waals surface area (Å²) in [5.74, 6) is -0.764. The van der Waals surface area contributed by atoms with Gasteiger partial charge in [0.15, 0.2) is 0 Å².